The molecule has 0 spiro atoms. The minimum atomic E-state index is -0.522. The van der Waals surface area contributed by atoms with Crippen LogP contribution in [0.2, 0.25) is 0 Å². The first-order chi connectivity index (χ1) is 10.5. The number of rotatable bonds is 6. The molecule has 2 aromatic rings. The molecule has 0 bridgehead atoms. The quantitative estimate of drug-likeness (QED) is 0.349. The maximum atomic E-state index is 11.6. The molecule has 2 aromatic heterocycles. The van der Waals surface area contributed by atoms with Gasteiger partial charge in [0.1, 0.15) is 19.3 Å². The third-order valence-electron chi connectivity index (χ3n) is 2.81. The molecule has 0 unspecified atom stereocenters. The van der Waals surface area contributed by atoms with Crippen molar-refractivity contribution in [1.82, 2.24) is 14.5 Å². The molecule has 0 saturated heterocycles. The van der Waals surface area contributed by atoms with Gasteiger partial charge in [0.2, 0.25) is 0 Å². The molecule has 0 amide bonds. The van der Waals surface area contributed by atoms with Crippen LogP contribution in [-0.2, 0) is 16.1 Å². The van der Waals surface area contributed by atoms with Crippen LogP contribution in [0.1, 0.15) is 16.5 Å². The highest BCUT2D eigenvalue weighted by Crippen LogP contribution is 2.13. The molecule has 116 valence electrons. The molecule has 22 heavy (non-hydrogen) atoms. The van der Waals surface area contributed by atoms with E-state index in [4.69, 9.17) is 4.74 Å². The molecule has 2 heterocycles. The summed E-state index contributed by atoms with van der Waals surface area (Å²) in [4.78, 5) is 29.9. The number of esters is 1. The molecule has 9 heteroatoms. The van der Waals surface area contributed by atoms with E-state index in [1.807, 2.05) is 12.3 Å². The summed E-state index contributed by atoms with van der Waals surface area (Å²) < 4.78 is 6.40. The topological polar surface area (TPSA) is 100 Å². The summed E-state index contributed by atoms with van der Waals surface area (Å²) in [6, 6.07) is 0. The van der Waals surface area contributed by atoms with E-state index in [0.717, 1.165) is 5.01 Å². The molecular weight excluding hydrogens is 308 g/mol. The summed E-state index contributed by atoms with van der Waals surface area (Å²) in [6.07, 6.45) is 4.03. The Kier molecular flexibility index (Phi) is 4.99. The van der Waals surface area contributed by atoms with E-state index in [-0.39, 0.29) is 19.0 Å². The summed E-state index contributed by atoms with van der Waals surface area (Å²) in [5.74, 6) is -0.149. The van der Waals surface area contributed by atoms with Crippen molar-refractivity contribution >= 4 is 29.2 Å². The van der Waals surface area contributed by atoms with Gasteiger partial charge >= 0.3 is 11.8 Å². The second-order valence-corrected chi connectivity index (χ2v) is 5.43. The molecule has 0 atom stereocenters. The third-order valence-corrected chi connectivity index (χ3v) is 3.60. The Morgan fingerprint density at radius 3 is 2.95 bits per heavy atom. The number of aryl methyl sites for hydroxylation is 2. The van der Waals surface area contributed by atoms with Gasteiger partial charge in [-0.25, -0.2) is 19.3 Å². The van der Waals surface area contributed by atoms with Gasteiger partial charge in [-0.15, -0.1) is 11.3 Å². The molecule has 0 N–H and O–H groups in total. The molecule has 0 aliphatic carbocycles. The summed E-state index contributed by atoms with van der Waals surface area (Å²) >= 11 is 1.49. The average Bonchev–Trinajstić information content (AvgIpc) is 3.03. The van der Waals surface area contributed by atoms with Gasteiger partial charge < -0.3 is 14.9 Å². The molecular formula is C13H14N4O4S. The smallest absolute Gasteiger partial charge is 0.342 e. The van der Waals surface area contributed by atoms with Crippen molar-refractivity contribution in [3.63, 3.8) is 0 Å². The van der Waals surface area contributed by atoms with Crippen LogP contribution in [0.4, 0.5) is 5.82 Å². The molecule has 0 fully saturated rings. The van der Waals surface area contributed by atoms with Gasteiger partial charge in [0.25, 0.3) is 0 Å². The lowest BCUT2D eigenvalue weighted by molar-refractivity contribution is -0.392. The van der Waals surface area contributed by atoms with Gasteiger partial charge in [0.15, 0.2) is 5.82 Å². The predicted octanol–water partition coefficient (Wildman–Crippen LogP) is 2.12. The maximum absolute atomic E-state index is 11.6. The van der Waals surface area contributed by atoms with Gasteiger partial charge in [-0.05, 0) is 17.9 Å². The number of aromatic nitrogens is 3. The Bertz CT molecular complexity index is 719. The Morgan fingerprint density at radius 1 is 1.55 bits per heavy atom. The van der Waals surface area contributed by atoms with Crippen LogP contribution in [-0.4, -0.2) is 32.0 Å². The number of thiazole rings is 1. The van der Waals surface area contributed by atoms with Crippen LogP contribution in [0.15, 0.2) is 17.7 Å². The van der Waals surface area contributed by atoms with E-state index < -0.39 is 10.9 Å². The van der Waals surface area contributed by atoms with Crippen molar-refractivity contribution in [2.45, 2.75) is 20.4 Å². The second kappa shape index (κ2) is 6.94. The van der Waals surface area contributed by atoms with Gasteiger partial charge in [-0.1, -0.05) is 0 Å². The number of hydrogen-bond donors (Lipinski definition) is 0. The van der Waals surface area contributed by atoms with Gasteiger partial charge in [-0.3, -0.25) is 0 Å². The molecule has 0 radical (unpaired) electrons. The van der Waals surface area contributed by atoms with E-state index in [1.54, 1.807) is 13.0 Å². The SMILES string of the molecule is Cc1nc(C=CC(=O)OCCn2c([N+](=O)[O-])cnc2C)cs1. The average molecular weight is 322 g/mol. The maximum Gasteiger partial charge on any atom is 0.342 e. The number of hydrogen-bond acceptors (Lipinski definition) is 7. The van der Waals surface area contributed by atoms with Crippen LogP contribution in [0.3, 0.4) is 0 Å². The summed E-state index contributed by atoms with van der Waals surface area (Å²) in [5, 5.41) is 13.6. The van der Waals surface area contributed by atoms with Crippen LogP contribution in [0.25, 0.3) is 6.08 Å². The minimum absolute atomic E-state index is 0.0251. The highest BCUT2D eigenvalue weighted by Gasteiger charge is 2.17. The van der Waals surface area contributed by atoms with E-state index >= 15 is 0 Å². The molecule has 0 aromatic carbocycles. The first-order valence-electron chi connectivity index (χ1n) is 6.41. The van der Waals surface area contributed by atoms with Gasteiger partial charge in [0.05, 0.1) is 10.7 Å². The minimum Gasteiger partial charge on any atom is -0.458 e. The van der Waals surface area contributed by atoms with E-state index in [1.165, 1.54) is 28.2 Å². The standard InChI is InChI=1S/C13H14N4O4S/c1-9-14-7-12(17(19)20)16(9)5-6-21-13(18)4-3-11-8-22-10(2)15-11/h3-4,7-8H,5-6H2,1-2H3. The molecule has 0 aliphatic heterocycles. The molecule has 2 rings (SSSR count). The molecule has 0 aliphatic rings. The number of carbonyl (C=O) groups excluding carboxylic acids is 1. The second-order valence-electron chi connectivity index (χ2n) is 4.36. The third kappa shape index (κ3) is 3.98. The largest absolute Gasteiger partial charge is 0.458 e. The fourth-order valence-electron chi connectivity index (χ4n) is 1.77. The van der Waals surface area contributed by atoms with E-state index in [2.05, 4.69) is 9.97 Å². The van der Waals surface area contributed by atoms with E-state index in [9.17, 15) is 14.9 Å². The number of carbonyl (C=O) groups is 1. The lowest BCUT2D eigenvalue weighted by Gasteiger charge is -2.03. The first kappa shape index (κ1) is 15.8. The highest BCUT2D eigenvalue weighted by molar-refractivity contribution is 7.09. The fourth-order valence-corrected chi connectivity index (χ4v) is 2.35. The van der Waals surface area contributed by atoms with Crippen molar-refractivity contribution in [1.29, 1.82) is 0 Å². The lowest BCUT2D eigenvalue weighted by atomic mass is 10.4. The predicted molar refractivity (Wildman–Crippen MR) is 80.5 cm³/mol. The van der Waals surface area contributed by atoms with Crippen LogP contribution in [0.5, 0.6) is 0 Å². The first-order valence-corrected chi connectivity index (χ1v) is 7.29. The zero-order valence-corrected chi connectivity index (χ0v) is 12.9. The van der Waals surface area contributed by atoms with Crippen molar-refractivity contribution in [3.8, 4) is 0 Å². The zero-order valence-electron chi connectivity index (χ0n) is 12.1. The van der Waals surface area contributed by atoms with Crippen molar-refractivity contribution in [3.05, 3.63) is 44.3 Å². The van der Waals surface area contributed by atoms with Crippen molar-refractivity contribution in [2.24, 2.45) is 0 Å². The molecule has 0 saturated carbocycles. The summed E-state index contributed by atoms with van der Waals surface area (Å²) in [6.45, 7) is 3.73. The Balaban J connectivity index is 1.86. The summed E-state index contributed by atoms with van der Waals surface area (Å²) in [7, 11) is 0. The normalized spacial score (nSPS) is 11.0. The lowest BCUT2D eigenvalue weighted by Crippen LogP contribution is -2.12. The number of ether oxygens (including phenoxy) is 1. The van der Waals surface area contributed by atoms with Gasteiger partial charge in [0, 0.05) is 18.4 Å². The number of imidazole rings is 1. The van der Waals surface area contributed by atoms with Crippen LogP contribution in [0, 0.1) is 24.0 Å². The Morgan fingerprint density at radius 2 is 2.32 bits per heavy atom. The Labute approximate surface area is 130 Å². The zero-order chi connectivity index (χ0) is 16.1. The fraction of sp³-hybridized carbons (Fsp3) is 0.308. The number of nitrogens with zero attached hydrogens (tertiary/aromatic N) is 4. The van der Waals surface area contributed by atoms with E-state index in [0.29, 0.717) is 11.5 Å². The monoisotopic (exact) mass is 322 g/mol. The number of nitro groups is 1. The van der Waals surface area contributed by atoms with Gasteiger partial charge in [-0.2, -0.15) is 0 Å². The van der Waals surface area contributed by atoms with Crippen molar-refractivity contribution in [2.75, 3.05) is 6.61 Å². The Hall–Kier alpha value is -2.55. The van der Waals surface area contributed by atoms with Crippen LogP contribution < -0.4 is 0 Å². The highest BCUT2D eigenvalue weighted by atomic mass is 32.1. The summed E-state index contributed by atoms with van der Waals surface area (Å²) in [5.41, 5.74) is 0.695. The van der Waals surface area contributed by atoms with Crippen molar-refractivity contribution < 1.29 is 14.5 Å². The molecule has 8 nitrogen and oxygen atoms in total. The van der Waals surface area contributed by atoms with Crippen LogP contribution >= 0.6 is 11.3 Å².